The van der Waals surface area contributed by atoms with Crippen LogP contribution < -0.4 is 15.4 Å². The van der Waals surface area contributed by atoms with E-state index in [1.165, 1.54) is 19.2 Å². The van der Waals surface area contributed by atoms with Gasteiger partial charge in [0.25, 0.3) is 5.91 Å². The number of carbonyl (C=O) groups is 1. The topological polar surface area (TPSA) is 50.4 Å². The van der Waals surface area contributed by atoms with Gasteiger partial charge in [0, 0.05) is 18.7 Å². The van der Waals surface area contributed by atoms with Gasteiger partial charge in [0.1, 0.15) is 11.6 Å². The quantitative estimate of drug-likeness (QED) is 0.875. The van der Waals surface area contributed by atoms with Crippen molar-refractivity contribution >= 4 is 5.91 Å². The lowest BCUT2D eigenvalue weighted by Crippen LogP contribution is -2.41. The minimum absolute atomic E-state index is 0.0602. The fourth-order valence-corrected chi connectivity index (χ4v) is 2.21. The Morgan fingerprint density at radius 3 is 3.05 bits per heavy atom. The number of halogens is 1. The lowest BCUT2D eigenvalue weighted by Gasteiger charge is -2.16. The van der Waals surface area contributed by atoms with Crippen molar-refractivity contribution in [2.45, 2.75) is 25.3 Å². The van der Waals surface area contributed by atoms with E-state index >= 15 is 0 Å². The van der Waals surface area contributed by atoms with Crippen molar-refractivity contribution in [3.63, 3.8) is 0 Å². The van der Waals surface area contributed by atoms with E-state index in [4.69, 9.17) is 4.74 Å². The third kappa shape index (κ3) is 3.67. The summed E-state index contributed by atoms with van der Waals surface area (Å²) >= 11 is 0. The average Bonchev–Trinajstić information content (AvgIpc) is 2.67. The minimum atomic E-state index is -0.557. The molecule has 1 unspecified atom stereocenters. The van der Waals surface area contributed by atoms with Gasteiger partial charge in [0.05, 0.1) is 12.7 Å². The number of hydrogen-bond donors (Lipinski definition) is 2. The molecule has 0 spiro atoms. The second kappa shape index (κ2) is 6.52. The number of carbonyl (C=O) groups excluding carboxylic acids is 1. The van der Waals surface area contributed by atoms with Crippen molar-refractivity contribution in [2.75, 3.05) is 20.2 Å². The molecule has 2 N–H and O–H groups in total. The van der Waals surface area contributed by atoms with E-state index in [0.29, 0.717) is 5.75 Å². The van der Waals surface area contributed by atoms with Gasteiger partial charge in [-0.15, -0.1) is 0 Å². The molecular weight excluding hydrogens is 247 g/mol. The van der Waals surface area contributed by atoms with Crippen LogP contribution in [0.5, 0.6) is 5.75 Å². The molecule has 4 nitrogen and oxygen atoms in total. The first-order chi connectivity index (χ1) is 9.20. The van der Waals surface area contributed by atoms with Crippen molar-refractivity contribution in [1.29, 1.82) is 0 Å². The normalized spacial score (nSPS) is 19.6. The van der Waals surface area contributed by atoms with E-state index in [0.717, 1.165) is 32.4 Å². The molecule has 1 aromatic rings. The molecule has 104 valence electrons. The summed E-state index contributed by atoms with van der Waals surface area (Å²) in [5.74, 6) is -0.516. The van der Waals surface area contributed by atoms with Crippen LogP contribution in [0, 0.1) is 5.82 Å². The minimum Gasteiger partial charge on any atom is -0.497 e. The number of methoxy groups -OCH3 is 1. The molecule has 1 saturated heterocycles. The molecule has 1 aliphatic rings. The Labute approximate surface area is 112 Å². The van der Waals surface area contributed by atoms with Gasteiger partial charge in [-0.25, -0.2) is 4.39 Å². The Morgan fingerprint density at radius 2 is 2.32 bits per heavy atom. The number of rotatable bonds is 3. The average molecular weight is 266 g/mol. The van der Waals surface area contributed by atoms with E-state index in [1.54, 1.807) is 6.07 Å². The number of nitrogens with one attached hydrogen (secondary N) is 2. The lowest BCUT2D eigenvalue weighted by atomic mass is 10.1. The monoisotopic (exact) mass is 266 g/mol. The van der Waals surface area contributed by atoms with Crippen LogP contribution in [0.2, 0.25) is 0 Å². The number of amides is 1. The molecule has 1 aliphatic heterocycles. The SMILES string of the molecule is COc1ccc(C(=O)NC2CCCCNC2)c(F)c1. The summed E-state index contributed by atoms with van der Waals surface area (Å²) in [6.07, 6.45) is 3.11. The molecule has 1 fully saturated rings. The summed E-state index contributed by atoms with van der Waals surface area (Å²) in [5.41, 5.74) is 0.0602. The molecule has 1 amide bonds. The Hall–Kier alpha value is -1.62. The largest absolute Gasteiger partial charge is 0.497 e. The zero-order chi connectivity index (χ0) is 13.7. The molecule has 0 aliphatic carbocycles. The highest BCUT2D eigenvalue weighted by Crippen LogP contribution is 2.16. The van der Waals surface area contributed by atoms with Crippen LogP contribution in [0.15, 0.2) is 18.2 Å². The van der Waals surface area contributed by atoms with Crippen LogP contribution in [0.4, 0.5) is 4.39 Å². The molecule has 0 radical (unpaired) electrons. The first-order valence-corrected chi connectivity index (χ1v) is 6.56. The third-order valence-electron chi connectivity index (χ3n) is 3.30. The first kappa shape index (κ1) is 13.8. The van der Waals surface area contributed by atoms with Gasteiger partial charge >= 0.3 is 0 Å². The van der Waals surface area contributed by atoms with E-state index in [1.807, 2.05) is 0 Å². The molecule has 1 heterocycles. The Bertz CT molecular complexity index is 443. The molecule has 0 saturated carbocycles. The van der Waals surface area contributed by atoms with E-state index in [-0.39, 0.29) is 17.5 Å². The standard InChI is InChI=1S/C14H19FN2O2/c1-19-11-5-6-12(13(15)8-11)14(18)17-10-4-2-3-7-16-9-10/h5-6,8,10,16H,2-4,7,9H2,1H3,(H,17,18). The van der Waals surface area contributed by atoms with Gasteiger partial charge in [0.15, 0.2) is 0 Å². The van der Waals surface area contributed by atoms with Crippen molar-refractivity contribution in [2.24, 2.45) is 0 Å². The first-order valence-electron chi connectivity index (χ1n) is 6.56. The predicted octanol–water partition coefficient (Wildman–Crippen LogP) is 1.71. The van der Waals surface area contributed by atoms with Gasteiger partial charge < -0.3 is 15.4 Å². The van der Waals surface area contributed by atoms with Crippen LogP contribution in [0.25, 0.3) is 0 Å². The highest BCUT2D eigenvalue weighted by molar-refractivity contribution is 5.94. The van der Waals surface area contributed by atoms with Gasteiger partial charge in [-0.3, -0.25) is 4.79 Å². The van der Waals surface area contributed by atoms with Gasteiger partial charge in [0.2, 0.25) is 0 Å². The lowest BCUT2D eigenvalue weighted by molar-refractivity contribution is 0.0931. The van der Waals surface area contributed by atoms with Crippen LogP contribution in [-0.2, 0) is 0 Å². The van der Waals surface area contributed by atoms with Gasteiger partial charge in [-0.2, -0.15) is 0 Å². The Balaban J connectivity index is 2.02. The second-order valence-electron chi connectivity index (χ2n) is 4.72. The van der Waals surface area contributed by atoms with Crippen molar-refractivity contribution < 1.29 is 13.9 Å². The zero-order valence-corrected chi connectivity index (χ0v) is 11.0. The molecular formula is C14H19FN2O2. The number of benzene rings is 1. The van der Waals surface area contributed by atoms with Gasteiger partial charge in [-0.05, 0) is 31.5 Å². The van der Waals surface area contributed by atoms with Gasteiger partial charge in [-0.1, -0.05) is 6.42 Å². The van der Waals surface area contributed by atoms with Crippen molar-refractivity contribution in [1.82, 2.24) is 10.6 Å². The molecule has 0 aromatic heterocycles. The molecule has 1 aromatic carbocycles. The third-order valence-corrected chi connectivity index (χ3v) is 3.30. The molecule has 2 rings (SSSR count). The van der Waals surface area contributed by atoms with E-state index < -0.39 is 5.82 Å². The maximum absolute atomic E-state index is 13.8. The summed E-state index contributed by atoms with van der Waals surface area (Å²) in [6, 6.07) is 4.33. The second-order valence-corrected chi connectivity index (χ2v) is 4.72. The molecule has 19 heavy (non-hydrogen) atoms. The summed E-state index contributed by atoms with van der Waals surface area (Å²) in [4.78, 5) is 12.0. The van der Waals surface area contributed by atoms with Crippen LogP contribution in [0.3, 0.4) is 0 Å². The predicted molar refractivity (Wildman–Crippen MR) is 70.9 cm³/mol. The zero-order valence-electron chi connectivity index (χ0n) is 11.0. The highest BCUT2D eigenvalue weighted by atomic mass is 19.1. The number of ether oxygens (including phenoxy) is 1. The summed E-state index contributed by atoms with van der Waals surface area (Å²) in [7, 11) is 1.46. The molecule has 1 atom stereocenters. The maximum Gasteiger partial charge on any atom is 0.254 e. The van der Waals surface area contributed by atoms with Crippen LogP contribution in [0.1, 0.15) is 29.6 Å². The molecule has 5 heteroatoms. The van der Waals surface area contributed by atoms with Crippen LogP contribution in [-0.4, -0.2) is 32.1 Å². The summed E-state index contributed by atoms with van der Waals surface area (Å²) < 4.78 is 18.7. The Kier molecular flexibility index (Phi) is 4.74. The molecule has 0 bridgehead atoms. The van der Waals surface area contributed by atoms with E-state index in [9.17, 15) is 9.18 Å². The summed E-state index contributed by atoms with van der Waals surface area (Å²) in [6.45, 7) is 1.72. The Morgan fingerprint density at radius 1 is 1.47 bits per heavy atom. The number of hydrogen-bond acceptors (Lipinski definition) is 3. The maximum atomic E-state index is 13.8. The van der Waals surface area contributed by atoms with Crippen molar-refractivity contribution in [3.05, 3.63) is 29.6 Å². The smallest absolute Gasteiger partial charge is 0.254 e. The highest BCUT2D eigenvalue weighted by Gasteiger charge is 2.18. The van der Waals surface area contributed by atoms with E-state index in [2.05, 4.69) is 10.6 Å². The summed E-state index contributed by atoms with van der Waals surface area (Å²) in [5, 5.41) is 6.13. The van der Waals surface area contributed by atoms with Crippen LogP contribution >= 0.6 is 0 Å². The fraction of sp³-hybridized carbons (Fsp3) is 0.500. The van der Waals surface area contributed by atoms with Crippen molar-refractivity contribution in [3.8, 4) is 5.75 Å². The fourth-order valence-electron chi connectivity index (χ4n) is 2.21.